The first-order valence-electron chi connectivity index (χ1n) is 10.8. The third kappa shape index (κ3) is 7.29. The van der Waals surface area contributed by atoms with E-state index in [1.807, 2.05) is 37.4 Å². The molecule has 0 unspecified atom stereocenters. The zero-order chi connectivity index (χ0) is 19.7. The maximum atomic E-state index is 5.76. The third-order valence-corrected chi connectivity index (χ3v) is 6.16. The fourth-order valence-corrected chi connectivity index (χ4v) is 4.33. The van der Waals surface area contributed by atoms with Crippen molar-refractivity contribution in [1.29, 1.82) is 0 Å². The monoisotopic (exact) mass is 515 g/mol. The molecular weight excluding hydrogens is 477 g/mol. The number of benzene rings is 1. The predicted molar refractivity (Wildman–Crippen MR) is 132 cm³/mol. The molecule has 2 aliphatic heterocycles. The Labute approximate surface area is 193 Å². The maximum Gasteiger partial charge on any atom is 0.191 e. The van der Waals surface area contributed by atoms with E-state index in [-0.39, 0.29) is 29.5 Å². The highest BCUT2D eigenvalue weighted by molar-refractivity contribution is 14.0. The summed E-state index contributed by atoms with van der Waals surface area (Å²) >= 11 is 0. The molecule has 2 fully saturated rings. The van der Waals surface area contributed by atoms with Crippen LogP contribution in [-0.4, -0.2) is 81.3 Å². The van der Waals surface area contributed by atoms with Crippen LogP contribution in [0.1, 0.15) is 32.1 Å². The molecule has 0 aromatic heterocycles. The number of nitrogens with zero attached hydrogens (tertiary/aromatic N) is 3. The first-order chi connectivity index (χ1) is 13.7. The molecule has 3 rings (SSSR count). The molecule has 7 heteroatoms. The van der Waals surface area contributed by atoms with Crippen molar-refractivity contribution < 1.29 is 4.74 Å². The average Bonchev–Trinajstić information content (AvgIpc) is 2.76. The largest absolute Gasteiger partial charge is 0.492 e. The molecule has 0 amide bonds. The van der Waals surface area contributed by atoms with E-state index in [4.69, 9.17) is 4.74 Å². The van der Waals surface area contributed by atoms with Gasteiger partial charge in [0.25, 0.3) is 0 Å². The number of halogens is 1. The van der Waals surface area contributed by atoms with E-state index in [1.54, 1.807) is 0 Å². The van der Waals surface area contributed by atoms with E-state index >= 15 is 0 Å². The number of aliphatic imine (C=N–C) groups is 1. The molecule has 1 aromatic carbocycles. The van der Waals surface area contributed by atoms with E-state index in [1.165, 1.54) is 58.3 Å². The number of likely N-dealkylation sites (tertiary alicyclic amines) is 2. The van der Waals surface area contributed by atoms with Gasteiger partial charge in [0.2, 0.25) is 0 Å². The fourth-order valence-electron chi connectivity index (χ4n) is 4.33. The normalized spacial score (nSPS) is 20.6. The molecule has 2 aliphatic rings. The first kappa shape index (κ1) is 24.2. The summed E-state index contributed by atoms with van der Waals surface area (Å²) < 4.78 is 5.76. The lowest BCUT2D eigenvalue weighted by molar-refractivity contribution is 0.0173. The summed E-state index contributed by atoms with van der Waals surface area (Å²) in [6.07, 6.45) is 6.50. The Bertz CT molecular complexity index is 598. The molecule has 0 radical (unpaired) electrons. The van der Waals surface area contributed by atoms with Crippen LogP contribution in [0.15, 0.2) is 35.3 Å². The molecule has 29 heavy (non-hydrogen) atoms. The summed E-state index contributed by atoms with van der Waals surface area (Å²) in [5.74, 6) is 1.77. The minimum Gasteiger partial charge on any atom is -0.492 e. The van der Waals surface area contributed by atoms with Crippen molar-refractivity contribution in [1.82, 2.24) is 20.4 Å². The summed E-state index contributed by atoms with van der Waals surface area (Å²) in [7, 11) is 4.08. The van der Waals surface area contributed by atoms with Gasteiger partial charge in [0, 0.05) is 19.1 Å². The van der Waals surface area contributed by atoms with Crippen LogP contribution in [0.2, 0.25) is 0 Å². The van der Waals surface area contributed by atoms with E-state index < -0.39 is 0 Å². The van der Waals surface area contributed by atoms with Gasteiger partial charge in [-0.05, 0) is 71.0 Å². The second kappa shape index (κ2) is 12.6. The highest BCUT2D eigenvalue weighted by atomic mass is 127. The molecule has 2 heterocycles. The number of para-hydroxylation sites is 1. The maximum absolute atomic E-state index is 5.76. The zero-order valence-electron chi connectivity index (χ0n) is 18.0. The number of nitrogens with one attached hydrogen (secondary N) is 2. The van der Waals surface area contributed by atoms with Crippen LogP contribution in [0.5, 0.6) is 5.75 Å². The summed E-state index contributed by atoms with van der Waals surface area (Å²) in [6.45, 7) is 7.13. The van der Waals surface area contributed by atoms with Crippen molar-refractivity contribution in [2.75, 3.05) is 60.0 Å². The zero-order valence-corrected chi connectivity index (χ0v) is 20.4. The predicted octanol–water partition coefficient (Wildman–Crippen LogP) is 2.80. The first-order valence-corrected chi connectivity index (χ1v) is 10.8. The number of hydrogen-bond donors (Lipinski definition) is 2. The van der Waals surface area contributed by atoms with Gasteiger partial charge in [-0.25, -0.2) is 0 Å². The highest BCUT2D eigenvalue weighted by Gasteiger charge is 2.39. The Morgan fingerprint density at radius 1 is 1.03 bits per heavy atom. The van der Waals surface area contributed by atoms with Crippen molar-refractivity contribution in [3.63, 3.8) is 0 Å². The van der Waals surface area contributed by atoms with Gasteiger partial charge < -0.3 is 20.3 Å². The van der Waals surface area contributed by atoms with Gasteiger partial charge in [0.15, 0.2) is 5.96 Å². The number of piperidine rings is 2. The Morgan fingerprint density at radius 3 is 2.38 bits per heavy atom. The van der Waals surface area contributed by atoms with Crippen LogP contribution in [0, 0.1) is 0 Å². The molecule has 164 valence electrons. The summed E-state index contributed by atoms with van der Waals surface area (Å²) in [5.41, 5.74) is 0.255. The molecule has 0 bridgehead atoms. The van der Waals surface area contributed by atoms with Gasteiger partial charge in [-0.1, -0.05) is 24.6 Å². The van der Waals surface area contributed by atoms with Crippen LogP contribution in [-0.2, 0) is 0 Å². The second-order valence-electron chi connectivity index (χ2n) is 8.09. The number of ether oxygens (including phenoxy) is 1. The molecular formula is C22H38IN5O. The number of rotatable bonds is 7. The molecule has 0 aliphatic carbocycles. The average molecular weight is 515 g/mol. The van der Waals surface area contributed by atoms with Gasteiger partial charge >= 0.3 is 0 Å². The lowest BCUT2D eigenvalue weighted by Gasteiger charge is -2.50. The molecule has 2 N–H and O–H groups in total. The molecule has 0 saturated carbocycles. The van der Waals surface area contributed by atoms with Crippen LogP contribution in [0.3, 0.4) is 0 Å². The van der Waals surface area contributed by atoms with Gasteiger partial charge in [-0.3, -0.25) is 9.89 Å². The van der Waals surface area contributed by atoms with Gasteiger partial charge in [-0.15, -0.1) is 24.0 Å². The van der Waals surface area contributed by atoms with Crippen molar-refractivity contribution in [3.05, 3.63) is 30.3 Å². The molecule has 0 spiro atoms. The van der Waals surface area contributed by atoms with Crippen molar-refractivity contribution in [3.8, 4) is 5.75 Å². The SMILES string of the molecule is CN=C(NCCOc1ccccc1)NCC1(N2CCCCC2)CCN(C)CC1.I. The summed E-state index contributed by atoms with van der Waals surface area (Å²) in [6, 6.07) is 9.94. The topological polar surface area (TPSA) is 52.1 Å². The minimum atomic E-state index is 0. The Kier molecular flexibility index (Phi) is 10.5. The van der Waals surface area contributed by atoms with Gasteiger partial charge in [0.1, 0.15) is 12.4 Å². The quantitative estimate of drug-likeness (QED) is 0.253. The van der Waals surface area contributed by atoms with E-state index in [0.717, 1.165) is 24.8 Å². The highest BCUT2D eigenvalue weighted by Crippen LogP contribution is 2.30. The molecule has 0 atom stereocenters. The van der Waals surface area contributed by atoms with E-state index in [2.05, 4.69) is 32.5 Å². The van der Waals surface area contributed by atoms with Gasteiger partial charge in [0.05, 0.1) is 6.54 Å². The third-order valence-electron chi connectivity index (χ3n) is 6.16. The molecule has 1 aromatic rings. The second-order valence-corrected chi connectivity index (χ2v) is 8.09. The smallest absolute Gasteiger partial charge is 0.191 e. The van der Waals surface area contributed by atoms with E-state index in [0.29, 0.717) is 6.61 Å². The van der Waals surface area contributed by atoms with E-state index in [9.17, 15) is 0 Å². The molecule has 6 nitrogen and oxygen atoms in total. The Balaban J connectivity index is 0.00000300. The van der Waals surface area contributed by atoms with Crippen LogP contribution in [0.4, 0.5) is 0 Å². The van der Waals surface area contributed by atoms with Crippen molar-refractivity contribution in [2.24, 2.45) is 4.99 Å². The van der Waals surface area contributed by atoms with Crippen LogP contribution < -0.4 is 15.4 Å². The van der Waals surface area contributed by atoms with Crippen LogP contribution >= 0.6 is 24.0 Å². The van der Waals surface area contributed by atoms with Gasteiger partial charge in [-0.2, -0.15) is 0 Å². The summed E-state index contributed by atoms with van der Waals surface area (Å²) in [4.78, 5) is 9.62. The lowest BCUT2D eigenvalue weighted by Crippen LogP contribution is -2.62. The number of guanidine groups is 1. The van der Waals surface area contributed by atoms with Crippen LogP contribution in [0.25, 0.3) is 0 Å². The van der Waals surface area contributed by atoms with Crippen molar-refractivity contribution >= 4 is 29.9 Å². The standard InChI is InChI=1S/C22H37N5O.HI/c1-23-21(24-13-18-28-20-9-5-3-6-10-20)25-19-22(11-16-26(2)17-12-22)27-14-7-4-8-15-27;/h3,5-6,9-10H,4,7-8,11-19H2,1-2H3,(H2,23,24,25);1H. The van der Waals surface area contributed by atoms with Crippen molar-refractivity contribution in [2.45, 2.75) is 37.6 Å². The Hall–Kier alpha value is -1.06. The lowest BCUT2D eigenvalue weighted by atomic mass is 9.84. The summed E-state index contributed by atoms with van der Waals surface area (Å²) in [5, 5.41) is 7.01. The Morgan fingerprint density at radius 2 is 1.72 bits per heavy atom. The minimum absolute atomic E-state index is 0. The number of hydrogen-bond acceptors (Lipinski definition) is 4. The molecule has 2 saturated heterocycles. The fraction of sp³-hybridized carbons (Fsp3) is 0.682.